The van der Waals surface area contributed by atoms with Crippen LogP contribution in [0.3, 0.4) is 0 Å². The van der Waals surface area contributed by atoms with Gasteiger partial charge < -0.3 is 10.1 Å². The molecule has 0 atom stereocenters. The van der Waals surface area contributed by atoms with Crippen LogP contribution in [0.25, 0.3) is 6.08 Å². The van der Waals surface area contributed by atoms with Crippen LogP contribution in [0.1, 0.15) is 22.3 Å². The first kappa shape index (κ1) is 22.8. The number of nitrogens with zero attached hydrogens (tertiary/aromatic N) is 1. The molecule has 1 fully saturated rings. The van der Waals surface area contributed by atoms with Gasteiger partial charge in [-0.05, 0) is 98.9 Å². The highest BCUT2D eigenvalue weighted by molar-refractivity contribution is 9.11. The van der Waals surface area contributed by atoms with Crippen molar-refractivity contribution in [3.05, 3.63) is 96.8 Å². The number of hydrogen-bond donors (Lipinski definition) is 1. The maximum absolute atomic E-state index is 12.4. The van der Waals surface area contributed by atoms with Crippen molar-refractivity contribution in [1.29, 1.82) is 0 Å². The molecule has 1 N–H and O–H groups in total. The summed E-state index contributed by atoms with van der Waals surface area (Å²) in [5.74, 6) is 0.561. The van der Waals surface area contributed by atoms with Gasteiger partial charge in [-0.2, -0.15) is 0 Å². The van der Waals surface area contributed by atoms with Gasteiger partial charge in [-0.15, -0.1) is 0 Å². The second kappa shape index (κ2) is 10.1. The molecule has 7 heteroatoms. The zero-order valence-electron chi connectivity index (χ0n) is 17.5. The van der Waals surface area contributed by atoms with E-state index in [1.165, 1.54) is 22.9 Å². The van der Waals surface area contributed by atoms with Crippen LogP contribution in [0.4, 0.5) is 5.69 Å². The van der Waals surface area contributed by atoms with Crippen LogP contribution in [-0.4, -0.2) is 11.1 Å². The molecule has 1 aliphatic rings. The van der Waals surface area contributed by atoms with Gasteiger partial charge in [-0.1, -0.05) is 47.5 Å². The standard InChI is InChI=1S/C25H20Br2N2O2S/c1-15-3-7-17(8-4-15)14-31-23-20(26)11-18(12-21(23)27)13-22-24(30)29-25(32-22)28-19-9-5-16(2)6-10-19/h3-13H,14H2,1-2H3,(H,28,29,30)/b22-13+. The topological polar surface area (TPSA) is 50.7 Å². The molecule has 0 saturated carbocycles. The summed E-state index contributed by atoms with van der Waals surface area (Å²) < 4.78 is 7.63. The fourth-order valence-corrected chi connectivity index (χ4v) is 5.30. The van der Waals surface area contributed by atoms with Crippen LogP contribution in [0.15, 0.2) is 79.5 Å². The van der Waals surface area contributed by atoms with Crippen molar-refractivity contribution in [1.82, 2.24) is 5.32 Å². The fourth-order valence-electron chi connectivity index (χ4n) is 3.01. The third kappa shape index (κ3) is 5.71. The van der Waals surface area contributed by atoms with E-state index in [0.29, 0.717) is 16.7 Å². The quantitative estimate of drug-likeness (QED) is 0.327. The minimum Gasteiger partial charge on any atom is -0.487 e. The number of amides is 1. The Kier molecular flexibility index (Phi) is 7.18. The molecule has 1 heterocycles. The van der Waals surface area contributed by atoms with E-state index in [1.54, 1.807) is 0 Å². The number of rotatable bonds is 5. The average molecular weight is 572 g/mol. The number of carbonyl (C=O) groups excluding carboxylic acids is 1. The molecular weight excluding hydrogens is 552 g/mol. The first-order valence-electron chi connectivity index (χ1n) is 9.91. The van der Waals surface area contributed by atoms with Crippen LogP contribution in [0, 0.1) is 13.8 Å². The molecule has 0 radical (unpaired) electrons. The number of nitrogens with one attached hydrogen (secondary N) is 1. The number of carbonyl (C=O) groups is 1. The zero-order valence-corrected chi connectivity index (χ0v) is 21.5. The van der Waals surface area contributed by atoms with Crippen LogP contribution >= 0.6 is 43.6 Å². The predicted molar refractivity (Wildman–Crippen MR) is 139 cm³/mol. The highest BCUT2D eigenvalue weighted by Gasteiger charge is 2.24. The molecule has 0 bridgehead atoms. The summed E-state index contributed by atoms with van der Waals surface area (Å²) in [6, 6.07) is 20.0. The SMILES string of the molecule is Cc1ccc(COc2c(Br)cc(/C=C3/SC(=Nc4ccc(C)cc4)NC3=O)cc2Br)cc1. The van der Waals surface area contributed by atoms with Crippen molar-refractivity contribution < 1.29 is 9.53 Å². The second-order valence-electron chi connectivity index (χ2n) is 7.41. The number of halogens is 2. The third-order valence-electron chi connectivity index (χ3n) is 4.74. The Hall–Kier alpha value is -2.35. The summed E-state index contributed by atoms with van der Waals surface area (Å²) >= 11 is 8.51. The third-order valence-corrected chi connectivity index (χ3v) is 6.83. The van der Waals surface area contributed by atoms with E-state index in [2.05, 4.69) is 73.4 Å². The fraction of sp³-hybridized carbons (Fsp3) is 0.120. The molecule has 162 valence electrons. The lowest BCUT2D eigenvalue weighted by molar-refractivity contribution is -0.115. The summed E-state index contributed by atoms with van der Waals surface area (Å²) in [7, 11) is 0. The molecule has 0 aliphatic carbocycles. The van der Waals surface area contributed by atoms with Gasteiger partial charge in [-0.3, -0.25) is 4.79 Å². The second-order valence-corrected chi connectivity index (χ2v) is 10.1. The van der Waals surface area contributed by atoms with Gasteiger partial charge in [0.15, 0.2) is 5.17 Å². The summed E-state index contributed by atoms with van der Waals surface area (Å²) in [6.45, 7) is 4.55. The van der Waals surface area contributed by atoms with Crippen molar-refractivity contribution in [3.63, 3.8) is 0 Å². The van der Waals surface area contributed by atoms with E-state index in [0.717, 1.165) is 31.5 Å². The van der Waals surface area contributed by atoms with Crippen molar-refractivity contribution in [2.75, 3.05) is 0 Å². The van der Waals surface area contributed by atoms with Gasteiger partial charge in [0.25, 0.3) is 5.91 Å². The van der Waals surface area contributed by atoms with Gasteiger partial charge in [0, 0.05) is 0 Å². The largest absolute Gasteiger partial charge is 0.487 e. The molecule has 1 saturated heterocycles. The van der Waals surface area contributed by atoms with E-state index >= 15 is 0 Å². The Bertz CT molecular complexity index is 1200. The number of aliphatic imine (C=N–C) groups is 1. The average Bonchev–Trinajstić information content (AvgIpc) is 3.09. The van der Waals surface area contributed by atoms with Gasteiger partial charge in [0.1, 0.15) is 12.4 Å². The summed E-state index contributed by atoms with van der Waals surface area (Å²) in [6.07, 6.45) is 1.84. The molecule has 0 spiro atoms. The summed E-state index contributed by atoms with van der Waals surface area (Å²) in [4.78, 5) is 17.5. The smallest absolute Gasteiger partial charge is 0.264 e. The first-order chi connectivity index (χ1) is 15.4. The maximum atomic E-state index is 12.4. The van der Waals surface area contributed by atoms with Gasteiger partial charge in [-0.25, -0.2) is 4.99 Å². The van der Waals surface area contributed by atoms with Crippen LogP contribution in [0.2, 0.25) is 0 Å². The highest BCUT2D eigenvalue weighted by Crippen LogP contribution is 2.37. The molecule has 32 heavy (non-hydrogen) atoms. The summed E-state index contributed by atoms with van der Waals surface area (Å²) in [5.41, 5.74) is 5.16. The highest BCUT2D eigenvalue weighted by atomic mass is 79.9. The number of ether oxygens (including phenoxy) is 1. The molecule has 0 unspecified atom stereocenters. The number of hydrogen-bond acceptors (Lipinski definition) is 4. The molecular formula is C25H20Br2N2O2S. The molecule has 4 rings (SSSR count). The minimum absolute atomic E-state index is 0.159. The zero-order chi connectivity index (χ0) is 22.7. The van der Waals surface area contributed by atoms with Crippen molar-refractivity contribution in [2.45, 2.75) is 20.5 Å². The monoisotopic (exact) mass is 570 g/mol. The Labute approximate surface area is 208 Å². The van der Waals surface area contributed by atoms with E-state index < -0.39 is 0 Å². The molecule has 1 aliphatic heterocycles. The van der Waals surface area contributed by atoms with Crippen LogP contribution in [0.5, 0.6) is 5.75 Å². The Balaban J connectivity index is 1.49. The van der Waals surface area contributed by atoms with E-state index in [4.69, 9.17) is 4.74 Å². The lowest BCUT2D eigenvalue weighted by Crippen LogP contribution is -2.19. The number of aryl methyl sites for hydroxylation is 2. The number of amidine groups is 1. The Morgan fingerprint density at radius 2 is 1.56 bits per heavy atom. The van der Waals surface area contributed by atoms with E-state index in [-0.39, 0.29) is 5.91 Å². The number of benzene rings is 3. The lowest BCUT2D eigenvalue weighted by atomic mass is 10.1. The van der Waals surface area contributed by atoms with Gasteiger partial charge in [0.05, 0.1) is 19.5 Å². The molecule has 3 aromatic rings. The predicted octanol–water partition coefficient (Wildman–Crippen LogP) is 7.30. The summed E-state index contributed by atoms with van der Waals surface area (Å²) in [5, 5.41) is 3.40. The van der Waals surface area contributed by atoms with Crippen LogP contribution in [-0.2, 0) is 11.4 Å². The Morgan fingerprint density at radius 3 is 2.19 bits per heavy atom. The minimum atomic E-state index is -0.159. The van der Waals surface area contributed by atoms with Gasteiger partial charge in [0.2, 0.25) is 0 Å². The van der Waals surface area contributed by atoms with E-state index in [1.807, 2.05) is 49.4 Å². The first-order valence-corrected chi connectivity index (χ1v) is 12.3. The maximum Gasteiger partial charge on any atom is 0.264 e. The van der Waals surface area contributed by atoms with Gasteiger partial charge >= 0.3 is 0 Å². The van der Waals surface area contributed by atoms with Crippen molar-refractivity contribution in [2.24, 2.45) is 4.99 Å². The van der Waals surface area contributed by atoms with Crippen molar-refractivity contribution >= 4 is 66.5 Å². The van der Waals surface area contributed by atoms with Crippen LogP contribution < -0.4 is 10.1 Å². The normalized spacial score (nSPS) is 15.9. The number of thioether (sulfide) groups is 1. The van der Waals surface area contributed by atoms with E-state index in [9.17, 15) is 4.79 Å². The Morgan fingerprint density at radius 1 is 0.969 bits per heavy atom. The molecule has 4 nitrogen and oxygen atoms in total. The lowest BCUT2D eigenvalue weighted by Gasteiger charge is -2.12. The molecule has 0 aromatic heterocycles. The molecule has 1 amide bonds. The van der Waals surface area contributed by atoms with Crippen molar-refractivity contribution in [3.8, 4) is 5.75 Å². The molecule has 3 aromatic carbocycles.